The SMILES string of the molecule is CC(NS(=O)(=O)c1cnn(C)c1)c1nncn1C(C)C. The second kappa shape index (κ2) is 5.33. The van der Waals surface area contributed by atoms with Crippen molar-refractivity contribution in [1.29, 1.82) is 0 Å². The van der Waals surface area contributed by atoms with Crippen molar-refractivity contribution in [3.8, 4) is 0 Å². The summed E-state index contributed by atoms with van der Waals surface area (Å²) in [5.41, 5.74) is 0. The smallest absolute Gasteiger partial charge is 0.244 e. The highest BCUT2D eigenvalue weighted by Crippen LogP contribution is 2.17. The van der Waals surface area contributed by atoms with Crippen molar-refractivity contribution >= 4 is 10.0 Å². The molecule has 2 aromatic rings. The van der Waals surface area contributed by atoms with Gasteiger partial charge in [-0.25, -0.2) is 13.1 Å². The number of sulfonamides is 1. The van der Waals surface area contributed by atoms with Gasteiger partial charge in [0.25, 0.3) is 0 Å². The highest BCUT2D eigenvalue weighted by Gasteiger charge is 2.23. The quantitative estimate of drug-likeness (QED) is 0.873. The van der Waals surface area contributed by atoms with Crippen LogP contribution in [0.4, 0.5) is 0 Å². The average molecular weight is 298 g/mol. The number of rotatable bonds is 5. The first-order chi connectivity index (χ1) is 9.31. The van der Waals surface area contributed by atoms with E-state index in [0.717, 1.165) is 0 Å². The third-order valence-electron chi connectivity index (χ3n) is 2.87. The van der Waals surface area contributed by atoms with Crippen molar-refractivity contribution in [3.05, 3.63) is 24.5 Å². The Bertz CT molecular complexity index is 687. The van der Waals surface area contributed by atoms with E-state index in [2.05, 4.69) is 20.0 Å². The number of aryl methyl sites for hydroxylation is 1. The van der Waals surface area contributed by atoms with Gasteiger partial charge in [-0.15, -0.1) is 10.2 Å². The molecule has 20 heavy (non-hydrogen) atoms. The minimum absolute atomic E-state index is 0.127. The van der Waals surface area contributed by atoms with Crippen molar-refractivity contribution in [2.75, 3.05) is 0 Å². The second-order valence-electron chi connectivity index (χ2n) is 4.88. The van der Waals surface area contributed by atoms with Crippen molar-refractivity contribution in [2.24, 2.45) is 7.05 Å². The lowest BCUT2D eigenvalue weighted by molar-refractivity contribution is 0.514. The standard InChI is InChI=1S/C11H18N6O2S/c1-8(2)17-7-12-14-11(17)9(3)15-20(18,19)10-5-13-16(4)6-10/h5-9,15H,1-4H3. The molecule has 0 spiro atoms. The molecule has 0 saturated heterocycles. The Morgan fingerprint density at radius 2 is 2.00 bits per heavy atom. The highest BCUT2D eigenvalue weighted by atomic mass is 32.2. The molecule has 0 fully saturated rings. The third kappa shape index (κ3) is 2.88. The van der Waals surface area contributed by atoms with Crippen LogP contribution in [-0.2, 0) is 17.1 Å². The normalized spacial score (nSPS) is 13.8. The summed E-state index contributed by atoms with van der Waals surface area (Å²) < 4.78 is 30.3. The lowest BCUT2D eigenvalue weighted by Crippen LogP contribution is -2.29. The number of nitrogens with zero attached hydrogens (tertiary/aromatic N) is 5. The van der Waals surface area contributed by atoms with Gasteiger partial charge in [-0.3, -0.25) is 4.68 Å². The molecule has 0 aromatic carbocycles. The number of hydrogen-bond acceptors (Lipinski definition) is 5. The van der Waals surface area contributed by atoms with Gasteiger partial charge in [-0.2, -0.15) is 5.10 Å². The molecule has 0 saturated carbocycles. The monoisotopic (exact) mass is 298 g/mol. The Labute approximate surface area is 117 Å². The summed E-state index contributed by atoms with van der Waals surface area (Å²) in [6, 6.07) is -0.324. The summed E-state index contributed by atoms with van der Waals surface area (Å²) in [7, 11) is -1.96. The lowest BCUT2D eigenvalue weighted by atomic mass is 10.3. The molecule has 0 bridgehead atoms. The number of hydrogen-bond donors (Lipinski definition) is 1. The van der Waals surface area contributed by atoms with Crippen LogP contribution in [0.1, 0.15) is 38.7 Å². The summed E-state index contributed by atoms with van der Waals surface area (Å²) >= 11 is 0. The van der Waals surface area contributed by atoms with Crippen molar-refractivity contribution in [2.45, 2.75) is 37.8 Å². The highest BCUT2D eigenvalue weighted by molar-refractivity contribution is 7.89. The molecule has 0 aliphatic carbocycles. The predicted molar refractivity (Wildman–Crippen MR) is 72.4 cm³/mol. The summed E-state index contributed by atoms with van der Waals surface area (Å²) in [5, 5.41) is 11.7. The fourth-order valence-corrected chi connectivity index (χ4v) is 3.03. The van der Waals surface area contributed by atoms with E-state index in [1.807, 2.05) is 18.4 Å². The molecule has 9 heteroatoms. The van der Waals surface area contributed by atoms with Crippen molar-refractivity contribution < 1.29 is 8.42 Å². The van der Waals surface area contributed by atoms with Crippen LogP contribution in [0.2, 0.25) is 0 Å². The van der Waals surface area contributed by atoms with Gasteiger partial charge in [0.1, 0.15) is 11.2 Å². The van der Waals surface area contributed by atoms with Crippen LogP contribution in [-0.4, -0.2) is 33.0 Å². The van der Waals surface area contributed by atoms with E-state index < -0.39 is 16.1 Å². The maximum absolute atomic E-state index is 12.2. The topological polar surface area (TPSA) is 94.7 Å². The van der Waals surface area contributed by atoms with Crippen LogP contribution in [0.25, 0.3) is 0 Å². The van der Waals surface area contributed by atoms with E-state index in [-0.39, 0.29) is 10.9 Å². The zero-order chi connectivity index (χ0) is 14.9. The van der Waals surface area contributed by atoms with Gasteiger partial charge in [0, 0.05) is 19.3 Å². The van der Waals surface area contributed by atoms with E-state index in [4.69, 9.17) is 0 Å². The molecule has 110 valence electrons. The molecule has 1 atom stereocenters. The van der Waals surface area contributed by atoms with Crippen molar-refractivity contribution in [1.82, 2.24) is 29.3 Å². The molecule has 2 rings (SSSR count). The summed E-state index contributed by atoms with van der Waals surface area (Å²) in [4.78, 5) is 0.127. The average Bonchev–Trinajstić information content (AvgIpc) is 2.96. The molecule has 0 radical (unpaired) electrons. The minimum Gasteiger partial charge on any atom is -0.314 e. The van der Waals surface area contributed by atoms with Gasteiger partial charge in [-0.05, 0) is 20.8 Å². The Hall–Kier alpha value is -1.74. The molecule has 0 amide bonds. The maximum Gasteiger partial charge on any atom is 0.244 e. The molecule has 2 aromatic heterocycles. The molecule has 8 nitrogen and oxygen atoms in total. The van der Waals surface area contributed by atoms with Gasteiger partial charge >= 0.3 is 0 Å². The predicted octanol–water partition coefficient (Wildman–Crippen LogP) is 0.632. The summed E-state index contributed by atoms with van der Waals surface area (Å²) in [5.74, 6) is 0.576. The molecule has 1 N–H and O–H groups in total. The Morgan fingerprint density at radius 3 is 2.55 bits per heavy atom. The van der Waals surface area contributed by atoms with Crippen LogP contribution in [0.5, 0.6) is 0 Å². The zero-order valence-corrected chi connectivity index (χ0v) is 12.7. The second-order valence-corrected chi connectivity index (χ2v) is 6.60. The van der Waals surface area contributed by atoms with Crippen LogP contribution in [0, 0.1) is 0 Å². The largest absolute Gasteiger partial charge is 0.314 e. The van der Waals surface area contributed by atoms with E-state index >= 15 is 0 Å². The molecular formula is C11H18N6O2S. The van der Waals surface area contributed by atoms with Crippen LogP contribution in [0.3, 0.4) is 0 Å². The van der Waals surface area contributed by atoms with E-state index in [9.17, 15) is 8.42 Å². The van der Waals surface area contributed by atoms with Gasteiger partial charge in [-0.1, -0.05) is 0 Å². The molecule has 0 aliphatic heterocycles. The van der Waals surface area contributed by atoms with E-state index in [0.29, 0.717) is 5.82 Å². The summed E-state index contributed by atoms with van der Waals surface area (Å²) in [6.45, 7) is 5.70. The molecule has 1 unspecified atom stereocenters. The lowest BCUT2D eigenvalue weighted by Gasteiger charge is -2.16. The van der Waals surface area contributed by atoms with E-state index in [1.54, 1.807) is 20.3 Å². The van der Waals surface area contributed by atoms with Crippen LogP contribution in [0.15, 0.2) is 23.6 Å². The first-order valence-corrected chi connectivity index (χ1v) is 7.70. The van der Waals surface area contributed by atoms with Gasteiger partial charge in [0.15, 0.2) is 5.82 Å². The Kier molecular flexibility index (Phi) is 3.91. The zero-order valence-electron chi connectivity index (χ0n) is 11.8. The minimum atomic E-state index is -3.62. The fraction of sp³-hybridized carbons (Fsp3) is 0.545. The van der Waals surface area contributed by atoms with Gasteiger partial charge in [0.2, 0.25) is 10.0 Å². The van der Waals surface area contributed by atoms with Gasteiger partial charge in [0.05, 0.1) is 12.2 Å². The number of aromatic nitrogens is 5. The number of nitrogens with one attached hydrogen (secondary N) is 1. The Balaban J connectivity index is 2.23. The summed E-state index contributed by atoms with van der Waals surface area (Å²) in [6.07, 6.45) is 4.35. The Morgan fingerprint density at radius 1 is 1.30 bits per heavy atom. The fourth-order valence-electron chi connectivity index (χ4n) is 1.85. The molecule has 2 heterocycles. The maximum atomic E-state index is 12.2. The molecule has 0 aliphatic rings. The third-order valence-corrected chi connectivity index (χ3v) is 4.36. The first kappa shape index (κ1) is 14.7. The van der Waals surface area contributed by atoms with Crippen molar-refractivity contribution in [3.63, 3.8) is 0 Å². The van der Waals surface area contributed by atoms with Gasteiger partial charge < -0.3 is 4.57 Å². The van der Waals surface area contributed by atoms with Crippen LogP contribution < -0.4 is 4.72 Å². The van der Waals surface area contributed by atoms with Crippen LogP contribution >= 0.6 is 0 Å². The molecular weight excluding hydrogens is 280 g/mol. The van der Waals surface area contributed by atoms with E-state index in [1.165, 1.54) is 17.1 Å². The first-order valence-electron chi connectivity index (χ1n) is 6.21.